The van der Waals surface area contributed by atoms with Crippen LogP contribution in [0.2, 0.25) is 0 Å². The summed E-state index contributed by atoms with van der Waals surface area (Å²) in [6.07, 6.45) is -0.163. The highest BCUT2D eigenvalue weighted by Crippen LogP contribution is 2.38. The number of carbonyl (C=O) groups is 2. The van der Waals surface area contributed by atoms with Gasteiger partial charge in [0.15, 0.2) is 17.1 Å². The predicted octanol–water partition coefficient (Wildman–Crippen LogP) is 3.34. The maximum absolute atomic E-state index is 12.7. The Hall–Kier alpha value is -3.61. The van der Waals surface area contributed by atoms with E-state index in [0.717, 1.165) is 0 Å². The maximum Gasteiger partial charge on any atom is 0.336 e. The molecule has 3 aromatic rings. The third-order valence-electron chi connectivity index (χ3n) is 4.63. The van der Waals surface area contributed by atoms with E-state index in [1.165, 1.54) is 27.4 Å². The van der Waals surface area contributed by atoms with Gasteiger partial charge >= 0.3 is 11.6 Å². The molecule has 0 aliphatic heterocycles. The molecule has 1 aromatic heterocycles. The minimum Gasteiger partial charge on any atom is -0.493 e. The van der Waals surface area contributed by atoms with E-state index in [1.54, 1.807) is 42.5 Å². The van der Waals surface area contributed by atoms with E-state index in [-0.39, 0.29) is 23.5 Å². The van der Waals surface area contributed by atoms with Gasteiger partial charge in [-0.05, 0) is 17.7 Å². The van der Waals surface area contributed by atoms with Gasteiger partial charge in [0.1, 0.15) is 0 Å². The molecule has 0 aliphatic rings. The molecule has 0 radical (unpaired) electrons. The highest BCUT2D eigenvalue weighted by molar-refractivity contribution is 6.01. The van der Waals surface area contributed by atoms with E-state index in [0.29, 0.717) is 22.3 Å². The molecule has 1 unspecified atom stereocenters. The lowest BCUT2D eigenvalue weighted by atomic mass is 9.89. The summed E-state index contributed by atoms with van der Waals surface area (Å²) in [4.78, 5) is 37.5. The quantitative estimate of drug-likeness (QED) is 0.344. The molecular weight excluding hydrogens is 376 g/mol. The second-order valence-electron chi connectivity index (χ2n) is 6.27. The Morgan fingerprint density at radius 2 is 1.72 bits per heavy atom. The Bertz CT molecular complexity index is 1100. The fourth-order valence-corrected chi connectivity index (χ4v) is 3.24. The van der Waals surface area contributed by atoms with Gasteiger partial charge in [-0.15, -0.1) is 0 Å². The number of hydrogen-bond donors (Lipinski definition) is 0. The van der Waals surface area contributed by atoms with Gasteiger partial charge < -0.3 is 18.6 Å². The molecule has 1 heterocycles. The summed E-state index contributed by atoms with van der Waals surface area (Å²) in [6, 6.07) is 13.1. The Morgan fingerprint density at radius 3 is 2.34 bits per heavy atom. The first-order valence-corrected chi connectivity index (χ1v) is 8.85. The third kappa shape index (κ3) is 3.99. The van der Waals surface area contributed by atoms with Gasteiger partial charge in [0.05, 0.1) is 27.2 Å². The first kappa shape index (κ1) is 20.1. The second kappa shape index (κ2) is 8.60. The zero-order valence-corrected chi connectivity index (χ0v) is 16.3. The van der Waals surface area contributed by atoms with Crippen molar-refractivity contribution in [2.45, 2.75) is 12.3 Å². The van der Waals surface area contributed by atoms with Crippen LogP contribution >= 0.6 is 0 Å². The first-order chi connectivity index (χ1) is 14.0. The van der Waals surface area contributed by atoms with Crippen LogP contribution in [0.1, 0.15) is 28.3 Å². The molecule has 3 rings (SSSR count). The highest BCUT2D eigenvalue weighted by Gasteiger charge is 2.29. The Balaban J connectivity index is 2.16. The Kier molecular flexibility index (Phi) is 5.97. The minimum atomic E-state index is -0.989. The summed E-state index contributed by atoms with van der Waals surface area (Å²) in [5.74, 6) is -1.27. The normalized spacial score (nSPS) is 11.7. The number of carbonyl (C=O) groups excluding carboxylic acids is 2. The summed E-state index contributed by atoms with van der Waals surface area (Å²) in [5, 5.41) is 0.457. The number of hydrogen-bond acceptors (Lipinski definition) is 7. The molecule has 0 saturated carbocycles. The number of ketones is 1. The molecular formula is C22H20O7. The summed E-state index contributed by atoms with van der Waals surface area (Å²) >= 11 is 0. The van der Waals surface area contributed by atoms with E-state index in [4.69, 9.17) is 18.6 Å². The smallest absolute Gasteiger partial charge is 0.336 e. The van der Waals surface area contributed by atoms with Crippen molar-refractivity contribution in [1.82, 2.24) is 0 Å². The zero-order valence-electron chi connectivity index (χ0n) is 16.3. The number of methoxy groups -OCH3 is 3. The lowest BCUT2D eigenvalue weighted by Gasteiger charge is -2.17. The molecule has 7 nitrogen and oxygen atoms in total. The Morgan fingerprint density at radius 1 is 1.00 bits per heavy atom. The number of rotatable bonds is 7. The van der Waals surface area contributed by atoms with Crippen LogP contribution < -0.4 is 15.1 Å². The van der Waals surface area contributed by atoms with Crippen molar-refractivity contribution in [2.75, 3.05) is 21.3 Å². The maximum atomic E-state index is 12.7. The third-order valence-corrected chi connectivity index (χ3v) is 4.63. The molecule has 7 heteroatoms. The van der Waals surface area contributed by atoms with Crippen LogP contribution in [0, 0.1) is 0 Å². The van der Waals surface area contributed by atoms with E-state index in [9.17, 15) is 14.4 Å². The summed E-state index contributed by atoms with van der Waals surface area (Å²) in [6.45, 7) is 0. The van der Waals surface area contributed by atoms with Crippen LogP contribution in [0.25, 0.3) is 11.0 Å². The molecule has 150 valence electrons. The number of ether oxygens (including phenoxy) is 3. The average molecular weight is 396 g/mol. The first-order valence-electron chi connectivity index (χ1n) is 8.85. The summed E-state index contributed by atoms with van der Waals surface area (Å²) in [5.41, 5.74) is 0.247. The molecule has 1 atom stereocenters. The molecule has 0 amide bonds. The van der Waals surface area contributed by atoms with Crippen molar-refractivity contribution in [3.63, 3.8) is 0 Å². The fraction of sp³-hybridized carbons (Fsp3) is 0.227. The van der Waals surface area contributed by atoms with E-state index >= 15 is 0 Å². The molecule has 0 aliphatic carbocycles. The lowest BCUT2D eigenvalue weighted by Crippen LogP contribution is -2.20. The molecule has 0 spiro atoms. The number of benzene rings is 2. The van der Waals surface area contributed by atoms with Gasteiger partial charge in [-0.1, -0.05) is 30.3 Å². The van der Waals surface area contributed by atoms with Crippen molar-refractivity contribution in [2.24, 2.45) is 0 Å². The van der Waals surface area contributed by atoms with Crippen molar-refractivity contribution in [3.8, 4) is 11.5 Å². The van der Waals surface area contributed by atoms with E-state index < -0.39 is 17.5 Å². The molecule has 29 heavy (non-hydrogen) atoms. The average Bonchev–Trinajstić information content (AvgIpc) is 2.75. The van der Waals surface area contributed by atoms with Gasteiger partial charge in [0, 0.05) is 23.4 Å². The molecule has 0 saturated heterocycles. The molecule has 0 N–H and O–H groups in total. The molecule has 2 aromatic carbocycles. The minimum absolute atomic E-state index is 0.135. The van der Waals surface area contributed by atoms with Gasteiger partial charge in [-0.2, -0.15) is 0 Å². The van der Waals surface area contributed by atoms with Crippen molar-refractivity contribution in [1.29, 1.82) is 0 Å². The predicted molar refractivity (Wildman–Crippen MR) is 106 cm³/mol. The second-order valence-corrected chi connectivity index (χ2v) is 6.27. The SMILES string of the molecule is COC(=O)C(CC(=O)c1ccccc1)c1cc(=O)oc2c(OC)c(OC)ccc12. The number of Topliss-reactive ketones (excluding diaryl/α,β-unsaturated/α-hetero) is 1. The largest absolute Gasteiger partial charge is 0.493 e. The van der Waals surface area contributed by atoms with Crippen LogP contribution in [-0.4, -0.2) is 33.1 Å². The number of fused-ring (bicyclic) bond motifs is 1. The van der Waals surface area contributed by atoms with Crippen molar-refractivity contribution in [3.05, 3.63) is 70.1 Å². The summed E-state index contributed by atoms with van der Waals surface area (Å²) < 4.78 is 20.8. The van der Waals surface area contributed by atoms with Crippen LogP contribution in [0.15, 0.2) is 57.7 Å². The van der Waals surface area contributed by atoms with Crippen molar-refractivity contribution >= 4 is 22.7 Å². The lowest BCUT2D eigenvalue weighted by molar-refractivity contribution is -0.142. The van der Waals surface area contributed by atoms with Gasteiger partial charge in [-0.3, -0.25) is 9.59 Å². The molecule has 0 fully saturated rings. The van der Waals surface area contributed by atoms with Crippen LogP contribution in [0.3, 0.4) is 0 Å². The van der Waals surface area contributed by atoms with E-state index in [2.05, 4.69) is 0 Å². The van der Waals surface area contributed by atoms with Crippen LogP contribution in [-0.2, 0) is 9.53 Å². The van der Waals surface area contributed by atoms with Gasteiger partial charge in [0.25, 0.3) is 0 Å². The zero-order chi connectivity index (χ0) is 21.0. The van der Waals surface area contributed by atoms with Crippen molar-refractivity contribution < 1.29 is 28.2 Å². The van der Waals surface area contributed by atoms with Gasteiger partial charge in [0.2, 0.25) is 5.75 Å². The number of esters is 1. The molecule has 0 bridgehead atoms. The van der Waals surface area contributed by atoms with E-state index in [1.807, 2.05) is 0 Å². The van der Waals surface area contributed by atoms with Crippen LogP contribution in [0.5, 0.6) is 11.5 Å². The fourth-order valence-electron chi connectivity index (χ4n) is 3.24. The summed E-state index contributed by atoms with van der Waals surface area (Å²) in [7, 11) is 4.11. The topological polar surface area (TPSA) is 92.0 Å². The standard InChI is InChI=1S/C22H20O7/c1-26-18-10-9-14-15(12-19(24)29-20(14)21(18)27-2)16(22(25)28-3)11-17(23)13-7-5-4-6-8-13/h4-10,12,16H,11H2,1-3H3. The Labute approximate surface area is 166 Å². The van der Waals surface area contributed by atoms with Crippen LogP contribution in [0.4, 0.5) is 0 Å². The highest BCUT2D eigenvalue weighted by atomic mass is 16.5. The monoisotopic (exact) mass is 396 g/mol. The van der Waals surface area contributed by atoms with Gasteiger partial charge in [-0.25, -0.2) is 4.79 Å².